The number of halogens is 2. The third kappa shape index (κ3) is 7.06. The lowest BCUT2D eigenvalue weighted by atomic mass is 10.2. The summed E-state index contributed by atoms with van der Waals surface area (Å²) in [6.45, 7) is 0.158. The van der Waals surface area contributed by atoms with Gasteiger partial charge in [0.05, 0.1) is 6.54 Å². The molecule has 0 bridgehead atoms. The number of rotatable bonds is 8. The molecule has 2 rings (SSSR count). The molecule has 2 aromatic rings. The van der Waals surface area contributed by atoms with E-state index in [9.17, 15) is 14.0 Å². The van der Waals surface area contributed by atoms with Gasteiger partial charge in [-0.3, -0.25) is 4.79 Å². The number of para-hydroxylation sites is 1. The van der Waals surface area contributed by atoms with Gasteiger partial charge in [-0.05, 0) is 36.4 Å². The fraction of sp³-hybridized carbons (Fsp3) is 0.158. The van der Waals surface area contributed by atoms with Crippen LogP contribution >= 0.6 is 15.9 Å². The number of benzene rings is 2. The summed E-state index contributed by atoms with van der Waals surface area (Å²) in [5, 5.41) is 2.57. The monoisotopic (exact) mass is 421 g/mol. The van der Waals surface area contributed by atoms with Gasteiger partial charge in [0.25, 0.3) is 5.91 Å². The van der Waals surface area contributed by atoms with Crippen molar-refractivity contribution in [1.29, 1.82) is 0 Å². The SMILES string of the molecule is O=C(COC(=O)/C=C/c1cc(Br)ccc1F)NCCOc1ccccc1. The average molecular weight is 422 g/mol. The normalized spacial score (nSPS) is 10.5. The van der Waals surface area contributed by atoms with E-state index in [2.05, 4.69) is 21.2 Å². The van der Waals surface area contributed by atoms with Crippen LogP contribution < -0.4 is 10.1 Å². The predicted molar refractivity (Wildman–Crippen MR) is 99.0 cm³/mol. The molecule has 0 heterocycles. The van der Waals surface area contributed by atoms with Gasteiger partial charge in [0.1, 0.15) is 18.2 Å². The Morgan fingerprint density at radius 2 is 1.92 bits per heavy atom. The number of carbonyl (C=O) groups is 2. The molecule has 0 aromatic heterocycles. The van der Waals surface area contributed by atoms with Gasteiger partial charge >= 0.3 is 5.97 Å². The van der Waals surface area contributed by atoms with Gasteiger partial charge in [0.2, 0.25) is 0 Å². The molecule has 0 saturated carbocycles. The molecule has 0 radical (unpaired) electrons. The van der Waals surface area contributed by atoms with Crippen LogP contribution in [0.15, 0.2) is 59.1 Å². The Balaban J connectivity index is 1.66. The van der Waals surface area contributed by atoms with E-state index in [1.165, 1.54) is 18.2 Å². The first-order valence-electron chi connectivity index (χ1n) is 7.79. The molecule has 0 aliphatic rings. The number of nitrogens with one attached hydrogen (secondary N) is 1. The van der Waals surface area contributed by atoms with E-state index in [1.807, 2.05) is 30.3 Å². The molecule has 136 valence electrons. The van der Waals surface area contributed by atoms with Gasteiger partial charge in [-0.15, -0.1) is 0 Å². The van der Waals surface area contributed by atoms with Crippen LogP contribution in [0.1, 0.15) is 5.56 Å². The first-order chi connectivity index (χ1) is 12.5. The van der Waals surface area contributed by atoms with E-state index < -0.39 is 24.3 Å². The van der Waals surface area contributed by atoms with Crippen LogP contribution in [0.5, 0.6) is 5.75 Å². The molecule has 0 aliphatic heterocycles. The molecule has 0 saturated heterocycles. The number of hydrogen-bond acceptors (Lipinski definition) is 4. The number of carbonyl (C=O) groups excluding carboxylic acids is 2. The van der Waals surface area contributed by atoms with Gasteiger partial charge in [-0.1, -0.05) is 34.1 Å². The third-order valence-corrected chi connectivity index (χ3v) is 3.63. The van der Waals surface area contributed by atoms with Crippen LogP contribution in [-0.4, -0.2) is 31.6 Å². The van der Waals surface area contributed by atoms with Crippen LogP contribution in [0.2, 0.25) is 0 Å². The van der Waals surface area contributed by atoms with Crippen molar-refractivity contribution in [2.45, 2.75) is 0 Å². The van der Waals surface area contributed by atoms with E-state index in [1.54, 1.807) is 6.07 Å². The first-order valence-corrected chi connectivity index (χ1v) is 8.58. The fourth-order valence-corrected chi connectivity index (χ4v) is 2.29. The minimum Gasteiger partial charge on any atom is -0.492 e. The summed E-state index contributed by atoms with van der Waals surface area (Å²) >= 11 is 3.22. The van der Waals surface area contributed by atoms with Crippen molar-refractivity contribution in [3.8, 4) is 5.75 Å². The van der Waals surface area contributed by atoms with E-state index >= 15 is 0 Å². The van der Waals surface area contributed by atoms with E-state index in [0.717, 1.165) is 6.08 Å². The molecule has 0 fully saturated rings. The average Bonchev–Trinajstić information content (AvgIpc) is 2.65. The molecule has 0 aliphatic carbocycles. The Morgan fingerprint density at radius 1 is 1.15 bits per heavy atom. The van der Waals surface area contributed by atoms with Crippen molar-refractivity contribution in [1.82, 2.24) is 5.32 Å². The van der Waals surface area contributed by atoms with Crippen molar-refractivity contribution in [2.75, 3.05) is 19.8 Å². The third-order valence-electron chi connectivity index (χ3n) is 3.14. The molecule has 5 nitrogen and oxygen atoms in total. The molecule has 0 atom stereocenters. The van der Waals surface area contributed by atoms with Gasteiger partial charge in [0.15, 0.2) is 6.61 Å². The lowest BCUT2D eigenvalue weighted by Gasteiger charge is -2.07. The van der Waals surface area contributed by atoms with Gasteiger partial charge in [0, 0.05) is 16.1 Å². The molecule has 26 heavy (non-hydrogen) atoms. The van der Waals surface area contributed by atoms with Crippen LogP contribution in [-0.2, 0) is 14.3 Å². The minimum atomic E-state index is -0.736. The summed E-state index contributed by atoms with van der Waals surface area (Å²) in [6, 6.07) is 13.5. The second-order valence-corrected chi connectivity index (χ2v) is 6.03. The van der Waals surface area contributed by atoms with E-state index in [-0.39, 0.29) is 12.1 Å². The highest BCUT2D eigenvalue weighted by molar-refractivity contribution is 9.10. The van der Waals surface area contributed by atoms with Crippen molar-refractivity contribution in [3.63, 3.8) is 0 Å². The highest BCUT2D eigenvalue weighted by atomic mass is 79.9. The van der Waals surface area contributed by atoms with E-state index in [4.69, 9.17) is 9.47 Å². The molecule has 2 aromatic carbocycles. The topological polar surface area (TPSA) is 64.6 Å². The maximum absolute atomic E-state index is 13.5. The Hall–Kier alpha value is -2.67. The Kier molecular flexibility index (Phi) is 7.82. The molecule has 1 amide bonds. The van der Waals surface area contributed by atoms with Crippen LogP contribution in [0.3, 0.4) is 0 Å². The van der Waals surface area contributed by atoms with Crippen molar-refractivity contribution >= 4 is 33.9 Å². The highest BCUT2D eigenvalue weighted by Gasteiger charge is 2.05. The van der Waals surface area contributed by atoms with E-state index in [0.29, 0.717) is 16.8 Å². The zero-order chi connectivity index (χ0) is 18.8. The van der Waals surface area contributed by atoms with Gasteiger partial charge < -0.3 is 14.8 Å². The predicted octanol–water partition coefficient (Wildman–Crippen LogP) is 3.34. The summed E-state index contributed by atoms with van der Waals surface area (Å²) in [5.74, 6) is -0.941. The lowest BCUT2D eigenvalue weighted by molar-refractivity contribution is -0.143. The summed E-state index contributed by atoms with van der Waals surface area (Å²) in [5.41, 5.74) is 0.235. The van der Waals surface area contributed by atoms with Crippen molar-refractivity contribution in [2.24, 2.45) is 0 Å². The Labute approximate surface area is 158 Å². The smallest absolute Gasteiger partial charge is 0.331 e. The molecule has 0 unspecified atom stereocenters. The number of hydrogen-bond donors (Lipinski definition) is 1. The lowest BCUT2D eigenvalue weighted by Crippen LogP contribution is -2.31. The first kappa shape index (κ1) is 19.7. The van der Waals surface area contributed by atoms with Crippen molar-refractivity contribution in [3.05, 3.63) is 70.5 Å². The van der Waals surface area contributed by atoms with Crippen LogP contribution in [0, 0.1) is 5.82 Å². The maximum Gasteiger partial charge on any atom is 0.331 e. The van der Waals surface area contributed by atoms with Gasteiger partial charge in [-0.2, -0.15) is 0 Å². The summed E-state index contributed by atoms with van der Waals surface area (Å²) in [7, 11) is 0. The quantitative estimate of drug-likeness (QED) is 0.403. The molecule has 1 N–H and O–H groups in total. The molecule has 0 spiro atoms. The van der Waals surface area contributed by atoms with Crippen LogP contribution in [0.4, 0.5) is 4.39 Å². The Morgan fingerprint density at radius 3 is 2.69 bits per heavy atom. The highest BCUT2D eigenvalue weighted by Crippen LogP contribution is 2.16. The second-order valence-electron chi connectivity index (χ2n) is 5.12. The number of esters is 1. The molecular weight excluding hydrogens is 405 g/mol. The maximum atomic E-state index is 13.5. The number of amides is 1. The van der Waals surface area contributed by atoms with Crippen LogP contribution in [0.25, 0.3) is 6.08 Å². The van der Waals surface area contributed by atoms with Crippen molar-refractivity contribution < 1.29 is 23.5 Å². The standard InChI is InChI=1S/C19H17BrFNO4/c20-15-7-8-17(21)14(12-15)6-9-19(24)26-13-18(23)22-10-11-25-16-4-2-1-3-5-16/h1-9,12H,10-11,13H2,(H,22,23)/b9-6+. The second kappa shape index (κ2) is 10.4. The summed E-state index contributed by atoms with van der Waals surface area (Å²) in [6.07, 6.45) is 2.35. The zero-order valence-corrected chi connectivity index (χ0v) is 15.4. The fourth-order valence-electron chi connectivity index (χ4n) is 1.91. The Bertz CT molecular complexity index is 780. The van der Waals surface area contributed by atoms with Gasteiger partial charge in [-0.25, -0.2) is 9.18 Å². The molecular formula is C19H17BrFNO4. The summed E-state index contributed by atoms with van der Waals surface area (Å²) < 4.78 is 24.4. The summed E-state index contributed by atoms with van der Waals surface area (Å²) in [4.78, 5) is 23.2. The molecule has 7 heteroatoms. The largest absolute Gasteiger partial charge is 0.492 e. The minimum absolute atomic E-state index is 0.235. The zero-order valence-electron chi connectivity index (χ0n) is 13.8. The number of ether oxygens (including phenoxy) is 2.